The molecular formula is C19H20BrNO4S. The molecule has 2 aliphatic rings. The number of fused-ring (bicyclic) bond motifs is 2. The van der Waals surface area contributed by atoms with Crippen LogP contribution in [-0.4, -0.2) is 32.5 Å². The monoisotopic (exact) mass is 437 g/mol. The van der Waals surface area contributed by atoms with E-state index in [1.165, 1.54) is 0 Å². The molecule has 2 aromatic carbocycles. The van der Waals surface area contributed by atoms with Crippen LogP contribution in [0.2, 0.25) is 0 Å². The predicted molar refractivity (Wildman–Crippen MR) is 102 cm³/mol. The number of halogens is 1. The molecule has 2 aliphatic heterocycles. The maximum Gasteiger partial charge on any atom is 0.243 e. The molecule has 1 atom stereocenters. The minimum absolute atomic E-state index is 0.260. The number of rotatable bonds is 2. The molecule has 0 radical (unpaired) electrons. The van der Waals surface area contributed by atoms with Crippen LogP contribution >= 0.6 is 15.9 Å². The van der Waals surface area contributed by atoms with Crippen molar-refractivity contribution in [3.8, 4) is 11.5 Å². The van der Waals surface area contributed by atoms with Crippen LogP contribution in [0.25, 0.3) is 0 Å². The summed E-state index contributed by atoms with van der Waals surface area (Å²) < 4.78 is 40.2. The van der Waals surface area contributed by atoms with E-state index >= 15 is 0 Å². The van der Waals surface area contributed by atoms with Gasteiger partial charge in [-0.25, -0.2) is 8.42 Å². The van der Waals surface area contributed by atoms with Crippen molar-refractivity contribution < 1.29 is 17.9 Å². The second kappa shape index (κ2) is 6.87. The van der Waals surface area contributed by atoms with Gasteiger partial charge in [0.15, 0.2) is 11.5 Å². The van der Waals surface area contributed by atoms with Crippen molar-refractivity contribution in [1.82, 2.24) is 4.31 Å². The fourth-order valence-electron chi connectivity index (χ4n) is 3.52. The molecule has 0 saturated heterocycles. The minimum Gasteiger partial charge on any atom is -0.490 e. The van der Waals surface area contributed by atoms with Crippen LogP contribution in [0.5, 0.6) is 11.5 Å². The number of nitrogens with zero attached hydrogens (tertiary/aromatic N) is 1. The molecule has 2 aromatic rings. The summed E-state index contributed by atoms with van der Waals surface area (Å²) in [5, 5.41) is 0. The number of hydrogen-bond acceptors (Lipinski definition) is 4. The van der Waals surface area contributed by atoms with Crippen molar-refractivity contribution in [2.24, 2.45) is 0 Å². The molecule has 4 rings (SSSR count). The lowest BCUT2D eigenvalue weighted by Crippen LogP contribution is -2.38. The zero-order chi connectivity index (χ0) is 18.3. The van der Waals surface area contributed by atoms with E-state index in [1.54, 1.807) is 28.6 Å². The summed E-state index contributed by atoms with van der Waals surface area (Å²) in [4.78, 5) is 0.311. The van der Waals surface area contributed by atoms with Crippen LogP contribution in [0.15, 0.2) is 45.8 Å². The number of benzene rings is 2. The van der Waals surface area contributed by atoms with Gasteiger partial charge in [0.1, 0.15) is 0 Å². The average molecular weight is 438 g/mol. The Balaban J connectivity index is 1.70. The SMILES string of the molecule is C[C@@H]1c2cc3c(cc2CCN1S(=O)(=O)c1ccc(Br)cc1)OCCCO3. The zero-order valence-electron chi connectivity index (χ0n) is 14.4. The standard InChI is InChI=1S/C19H20BrNO4S/c1-13-17-12-19-18(24-9-2-10-25-19)11-14(17)7-8-21(13)26(22,23)16-5-3-15(20)4-6-16/h3-6,11-13H,2,7-10H2,1H3/t13-/m1/s1. The Labute approximate surface area is 162 Å². The largest absolute Gasteiger partial charge is 0.490 e. The molecule has 0 aromatic heterocycles. The molecule has 0 spiro atoms. The van der Waals surface area contributed by atoms with Crippen LogP contribution in [0.1, 0.15) is 30.5 Å². The van der Waals surface area contributed by atoms with Gasteiger partial charge in [-0.05, 0) is 60.9 Å². The zero-order valence-corrected chi connectivity index (χ0v) is 16.8. The smallest absolute Gasteiger partial charge is 0.243 e. The molecule has 26 heavy (non-hydrogen) atoms. The van der Waals surface area contributed by atoms with Gasteiger partial charge in [-0.3, -0.25) is 0 Å². The van der Waals surface area contributed by atoms with Gasteiger partial charge >= 0.3 is 0 Å². The van der Waals surface area contributed by atoms with Crippen LogP contribution in [0.4, 0.5) is 0 Å². The molecule has 0 fully saturated rings. The Morgan fingerprint density at radius 2 is 1.73 bits per heavy atom. The molecule has 5 nitrogen and oxygen atoms in total. The molecule has 0 amide bonds. The van der Waals surface area contributed by atoms with E-state index in [-0.39, 0.29) is 6.04 Å². The molecule has 0 unspecified atom stereocenters. The van der Waals surface area contributed by atoms with Crippen molar-refractivity contribution in [2.75, 3.05) is 19.8 Å². The number of sulfonamides is 1. The topological polar surface area (TPSA) is 55.8 Å². The maximum atomic E-state index is 13.1. The third-order valence-corrected chi connectivity index (χ3v) is 7.43. The molecule has 0 aliphatic carbocycles. The van der Waals surface area contributed by atoms with E-state index in [0.29, 0.717) is 36.8 Å². The van der Waals surface area contributed by atoms with E-state index < -0.39 is 10.0 Å². The molecule has 7 heteroatoms. The summed E-state index contributed by atoms with van der Waals surface area (Å²) in [6.45, 7) is 3.64. The molecule has 138 valence electrons. The summed E-state index contributed by atoms with van der Waals surface area (Å²) in [5.74, 6) is 1.47. The van der Waals surface area contributed by atoms with Crippen LogP contribution in [0, 0.1) is 0 Å². The molecular weight excluding hydrogens is 418 g/mol. The van der Waals surface area contributed by atoms with E-state index in [2.05, 4.69) is 15.9 Å². The fourth-order valence-corrected chi connectivity index (χ4v) is 5.40. The Bertz CT molecular complexity index is 927. The van der Waals surface area contributed by atoms with E-state index in [1.807, 2.05) is 19.1 Å². The second-order valence-electron chi connectivity index (χ2n) is 6.54. The lowest BCUT2D eigenvalue weighted by molar-refractivity contribution is 0.296. The van der Waals surface area contributed by atoms with Gasteiger partial charge in [-0.15, -0.1) is 0 Å². The third-order valence-electron chi connectivity index (χ3n) is 4.91. The number of hydrogen-bond donors (Lipinski definition) is 0. The Hall–Kier alpha value is -1.57. The van der Waals surface area contributed by atoms with Crippen molar-refractivity contribution >= 4 is 26.0 Å². The fraction of sp³-hybridized carbons (Fsp3) is 0.368. The van der Waals surface area contributed by atoms with Crippen molar-refractivity contribution in [2.45, 2.75) is 30.7 Å². The van der Waals surface area contributed by atoms with Gasteiger partial charge in [0.25, 0.3) is 0 Å². The van der Waals surface area contributed by atoms with Crippen LogP contribution < -0.4 is 9.47 Å². The summed E-state index contributed by atoms with van der Waals surface area (Å²) in [7, 11) is -3.56. The average Bonchev–Trinajstić information content (AvgIpc) is 2.85. The lowest BCUT2D eigenvalue weighted by atomic mass is 9.94. The van der Waals surface area contributed by atoms with E-state index in [0.717, 1.165) is 27.8 Å². The highest BCUT2D eigenvalue weighted by Gasteiger charge is 2.35. The van der Waals surface area contributed by atoms with Crippen molar-refractivity contribution in [1.29, 1.82) is 0 Å². The Morgan fingerprint density at radius 1 is 1.08 bits per heavy atom. The van der Waals surface area contributed by atoms with E-state index in [4.69, 9.17) is 9.47 Å². The maximum absolute atomic E-state index is 13.1. The van der Waals surface area contributed by atoms with Gasteiger partial charge < -0.3 is 9.47 Å². The van der Waals surface area contributed by atoms with Gasteiger partial charge in [0.2, 0.25) is 10.0 Å². The van der Waals surface area contributed by atoms with Gasteiger partial charge in [-0.2, -0.15) is 4.31 Å². The first-order chi connectivity index (χ1) is 12.5. The van der Waals surface area contributed by atoms with Crippen molar-refractivity contribution in [3.63, 3.8) is 0 Å². The van der Waals surface area contributed by atoms with Crippen LogP contribution in [0.3, 0.4) is 0 Å². The molecule has 2 heterocycles. The predicted octanol–water partition coefficient (Wildman–Crippen LogP) is 3.92. The molecule has 0 bridgehead atoms. The summed E-state index contributed by atoms with van der Waals surface area (Å²) in [6.07, 6.45) is 1.51. The van der Waals surface area contributed by atoms with Gasteiger partial charge in [0.05, 0.1) is 18.1 Å². The molecule has 0 N–H and O–H groups in total. The third kappa shape index (κ3) is 3.12. The summed E-state index contributed by atoms with van der Waals surface area (Å²) in [6, 6.07) is 10.5. The van der Waals surface area contributed by atoms with Gasteiger partial charge in [0, 0.05) is 23.5 Å². The van der Waals surface area contributed by atoms with E-state index in [9.17, 15) is 8.42 Å². The Kier molecular flexibility index (Phi) is 4.71. The Morgan fingerprint density at radius 3 is 2.42 bits per heavy atom. The molecule has 0 saturated carbocycles. The minimum atomic E-state index is -3.56. The first-order valence-electron chi connectivity index (χ1n) is 8.66. The quantitative estimate of drug-likeness (QED) is 0.714. The summed E-state index contributed by atoms with van der Waals surface area (Å²) >= 11 is 3.35. The number of ether oxygens (including phenoxy) is 2. The van der Waals surface area contributed by atoms with Crippen molar-refractivity contribution in [3.05, 3.63) is 52.0 Å². The highest BCUT2D eigenvalue weighted by atomic mass is 79.9. The first kappa shape index (κ1) is 17.8. The summed E-state index contributed by atoms with van der Waals surface area (Å²) in [5.41, 5.74) is 2.12. The van der Waals surface area contributed by atoms with Gasteiger partial charge in [-0.1, -0.05) is 15.9 Å². The highest BCUT2D eigenvalue weighted by molar-refractivity contribution is 9.10. The van der Waals surface area contributed by atoms with Crippen LogP contribution in [-0.2, 0) is 16.4 Å². The first-order valence-corrected chi connectivity index (χ1v) is 10.9. The lowest BCUT2D eigenvalue weighted by Gasteiger charge is -2.34. The highest BCUT2D eigenvalue weighted by Crippen LogP contribution is 2.40. The normalized spacial score (nSPS) is 20.3. The second-order valence-corrected chi connectivity index (χ2v) is 9.35.